The number of carbonyl (C=O) groups excluding carboxylic acids is 2. The first kappa shape index (κ1) is 22.4. The molecule has 2 aromatic rings. The molecule has 0 saturated heterocycles. The number of ether oxygens (including phenoxy) is 4. The van der Waals surface area contributed by atoms with Crippen molar-refractivity contribution < 1.29 is 28.5 Å². The number of hydrogen-bond donors (Lipinski definition) is 2. The predicted octanol–water partition coefficient (Wildman–Crippen LogP) is 2.39. The summed E-state index contributed by atoms with van der Waals surface area (Å²) in [4.78, 5) is 23.9. The van der Waals surface area contributed by atoms with Crippen LogP contribution in [0.2, 0.25) is 0 Å². The summed E-state index contributed by atoms with van der Waals surface area (Å²) in [6, 6.07) is 9.05. The summed E-state index contributed by atoms with van der Waals surface area (Å²) in [5, 5.41) is 6.60. The van der Waals surface area contributed by atoms with Gasteiger partial charge in [-0.1, -0.05) is 6.07 Å². The van der Waals surface area contributed by atoms with Crippen molar-refractivity contribution in [2.75, 3.05) is 27.6 Å². The molecule has 3 rings (SSSR count). The number of amides is 2. The van der Waals surface area contributed by atoms with E-state index in [0.717, 1.165) is 10.0 Å². The molecule has 164 valence electrons. The number of hydrogen-bond acceptors (Lipinski definition) is 7. The molecule has 0 saturated carbocycles. The van der Waals surface area contributed by atoms with Crippen molar-refractivity contribution in [2.24, 2.45) is 5.10 Å². The fourth-order valence-corrected chi connectivity index (χ4v) is 3.26. The van der Waals surface area contributed by atoms with Gasteiger partial charge in [0.2, 0.25) is 18.6 Å². The molecule has 0 unspecified atom stereocenters. The minimum Gasteiger partial charge on any atom is -0.493 e. The first-order chi connectivity index (χ1) is 15.0. The topological polar surface area (TPSA) is 107 Å². The molecule has 0 atom stereocenters. The third-order valence-electron chi connectivity index (χ3n) is 4.39. The molecule has 10 heteroatoms. The van der Waals surface area contributed by atoms with Crippen LogP contribution in [0.1, 0.15) is 17.5 Å². The lowest BCUT2D eigenvalue weighted by molar-refractivity contribution is -0.129. The van der Waals surface area contributed by atoms with Crippen molar-refractivity contribution in [2.45, 2.75) is 12.8 Å². The van der Waals surface area contributed by atoms with E-state index in [1.165, 1.54) is 6.21 Å². The molecule has 1 aliphatic rings. The largest absolute Gasteiger partial charge is 0.493 e. The average molecular weight is 492 g/mol. The molecule has 1 heterocycles. The zero-order chi connectivity index (χ0) is 22.2. The van der Waals surface area contributed by atoms with Gasteiger partial charge in [-0.15, -0.1) is 0 Å². The van der Waals surface area contributed by atoms with E-state index >= 15 is 0 Å². The van der Waals surface area contributed by atoms with Gasteiger partial charge in [0.15, 0.2) is 23.0 Å². The fraction of sp³-hybridized carbons (Fsp3) is 0.286. The molecular weight excluding hydrogens is 470 g/mol. The monoisotopic (exact) mass is 491 g/mol. The molecule has 0 bridgehead atoms. The number of rotatable bonds is 9. The van der Waals surface area contributed by atoms with E-state index in [9.17, 15) is 9.59 Å². The molecule has 0 radical (unpaired) electrons. The van der Waals surface area contributed by atoms with E-state index in [2.05, 4.69) is 31.8 Å². The van der Waals surface area contributed by atoms with Gasteiger partial charge in [-0.2, -0.15) is 5.10 Å². The van der Waals surface area contributed by atoms with Crippen molar-refractivity contribution in [1.29, 1.82) is 0 Å². The Balaban J connectivity index is 1.42. The summed E-state index contributed by atoms with van der Waals surface area (Å²) in [6.07, 6.45) is 1.72. The molecule has 0 aromatic heterocycles. The number of methoxy groups -OCH3 is 2. The van der Waals surface area contributed by atoms with E-state index in [4.69, 9.17) is 18.9 Å². The highest BCUT2D eigenvalue weighted by molar-refractivity contribution is 9.10. The number of carbonyl (C=O) groups is 2. The van der Waals surface area contributed by atoms with Crippen LogP contribution >= 0.6 is 15.9 Å². The number of nitrogens with zero attached hydrogens (tertiary/aromatic N) is 1. The third kappa shape index (κ3) is 6.11. The molecule has 0 aliphatic carbocycles. The predicted molar refractivity (Wildman–Crippen MR) is 117 cm³/mol. The van der Waals surface area contributed by atoms with Crippen LogP contribution in [0.5, 0.6) is 23.0 Å². The summed E-state index contributed by atoms with van der Waals surface area (Å²) in [5.74, 6) is 1.59. The number of fused-ring (bicyclic) bond motifs is 1. The van der Waals surface area contributed by atoms with Gasteiger partial charge < -0.3 is 24.3 Å². The molecular formula is C21H22BrN3O6. The van der Waals surface area contributed by atoms with Crippen LogP contribution in [0.15, 0.2) is 39.9 Å². The van der Waals surface area contributed by atoms with E-state index in [1.54, 1.807) is 32.4 Å². The highest BCUT2D eigenvalue weighted by Crippen LogP contribution is 2.36. The Morgan fingerprint density at radius 2 is 1.84 bits per heavy atom. The molecule has 31 heavy (non-hydrogen) atoms. The van der Waals surface area contributed by atoms with Crippen molar-refractivity contribution in [3.8, 4) is 23.0 Å². The van der Waals surface area contributed by atoms with Gasteiger partial charge in [-0.25, -0.2) is 5.43 Å². The smallest absolute Gasteiger partial charge is 0.249 e. The van der Waals surface area contributed by atoms with E-state index in [-0.39, 0.29) is 13.2 Å². The van der Waals surface area contributed by atoms with E-state index in [0.29, 0.717) is 41.5 Å². The molecule has 9 nitrogen and oxygen atoms in total. The van der Waals surface area contributed by atoms with E-state index < -0.39 is 11.8 Å². The van der Waals surface area contributed by atoms with Crippen LogP contribution in [-0.4, -0.2) is 45.6 Å². The van der Waals surface area contributed by atoms with Crippen LogP contribution in [0.3, 0.4) is 0 Å². The summed E-state index contributed by atoms with van der Waals surface area (Å²) in [5.41, 5.74) is 4.01. The Labute approximate surface area is 187 Å². The van der Waals surface area contributed by atoms with Gasteiger partial charge in [0.1, 0.15) is 6.42 Å². The van der Waals surface area contributed by atoms with Gasteiger partial charge in [0.05, 0.1) is 20.4 Å². The van der Waals surface area contributed by atoms with Crippen LogP contribution < -0.4 is 29.7 Å². The normalized spacial score (nSPS) is 12.0. The van der Waals surface area contributed by atoms with Crippen molar-refractivity contribution in [3.05, 3.63) is 45.9 Å². The quantitative estimate of drug-likeness (QED) is 0.316. The zero-order valence-corrected chi connectivity index (χ0v) is 18.7. The van der Waals surface area contributed by atoms with Gasteiger partial charge in [-0.3, -0.25) is 9.59 Å². The van der Waals surface area contributed by atoms with Gasteiger partial charge >= 0.3 is 0 Å². The van der Waals surface area contributed by atoms with Crippen LogP contribution in [0, 0.1) is 0 Å². The SMILES string of the molecule is COc1ccc(CCNC(=O)CC(=O)N/N=C/c2cc3c(cc2Br)OCO3)cc1OC. The lowest BCUT2D eigenvalue weighted by Gasteiger charge is -2.10. The standard InChI is InChI=1S/C21H22BrN3O6/c1-28-16-4-3-13(7-17(16)29-2)5-6-23-20(26)10-21(27)25-24-11-14-8-18-19(9-15(14)22)31-12-30-18/h3-4,7-9,11H,5-6,10,12H2,1-2H3,(H,23,26)(H,25,27)/b24-11+. The van der Waals surface area contributed by atoms with Crippen LogP contribution in [0.25, 0.3) is 0 Å². The Morgan fingerprint density at radius 1 is 1.10 bits per heavy atom. The average Bonchev–Trinajstić information content (AvgIpc) is 3.20. The molecule has 2 amide bonds. The summed E-state index contributed by atoms with van der Waals surface area (Å²) in [7, 11) is 3.14. The number of halogens is 1. The lowest BCUT2D eigenvalue weighted by Crippen LogP contribution is -2.31. The van der Waals surface area contributed by atoms with Crippen molar-refractivity contribution in [1.82, 2.24) is 10.7 Å². The maximum Gasteiger partial charge on any atom is 0.249 e. The van der Waals surface area contributed by atoms with Crippen molar-refractivity contribution in [3.63, 3.8) is 0 Å². The van der Waals surface area contributed by atoms with Crippen molar-refractivity contribution >= 4 is 34.0 Å². The molecule has 2 aromatic carbocycles. The molecule has 0 spiro atoms. The molecule has 1 aliphatic heterocycles. The number of hydrazone groups is 1. The zero-order valence-electron chi connectivity index (χ0n) is 17.1. The highest BCUT2D eigenvalue weighted by atomic mass is 79.9. The molecule has 2 N–H and O–H groups in total. The van der Waals surface area contributed by atoms with Gasteiger partial charge in [0.25, 0.3) is 0 Å². The van der Waals surface area contributed by atoms with E-state index in [1.807, 2.05) is 12.1 Å². The highest BCUT2D eigenvalue weighted by Gasteiger charge is 2.15. The molecule has 0 fully saturated rings. The maximum absolute atomic E-state index is 12.0. The third-order valence-corrected chi connectivity index (χ3v) is 5.08. The Hall–Kier alpha value is -3.27. The number of nitrogens with one attached hydrogen (secondary N) is 2. The fourth-order valence-electron chi connectivity index (χ4n) is 2.84. The maximum atomic E-state index is 12.0. The van der Waals surface area contributed by atoms with Gasteiger partial charge in [0, 0.05) is 16.6 Å². The number of benzene rings is 2. The summed E-state index contributed by atoms with van der Waals surface area (Å²) >= 11 is 3.40. The van der Waals surface area contributed by atoms with Crippen LogP contribution in [0.4, 0.5) is 0 Å². The summed E-state index contributed by atoms with van der Waals surface area (Å²) in [6.45, 7) is 0.551. The lowest BCUT2D eigenvalue weighted by atomic mass is 10.1. The Morgan fingerprint density at radius 3 is 2.58 bits per heavy atom. The minimum absolute atomic E-state index is 0.167. The second kappa shape index (κ2) is 10.7. The second-order valence-electron chi connectivity index (χ2n) is 6.49. The Bertz CT molecular complexity index is 995. The first-order valence-electron chi connectivity index (χ1n) is 9.39. The second-order valence-corrected chi connectivity index (χ2v) is 7.34. The summed E-state index contributed by atoms with van der Waals surface area (Å²) < 4.78 is 21.8. The minimum atomic E-state index is -0.517. The van der Waals surface area contributed by atoms with Crippen LogP contribution in [-0.2, 0) is 16.0 Å². The first-order valence-corrected chi connectivity index (χ1v) is 10.2. The van der Waals surface area contributed by atoms with Gasteiger partial charge in [-0.05, 0) is 52.2 Å². The Kier molecular flexibility index (Phi) is 7.71.